The van der Waals surface area contributed by atoms with Gasteiger partial charge in [0.2, 0.25) is 0 Å². The fraction of sp³-hybridized carbons (Fsp3) is 0.214. The van der Waals surface area contributed by atoms with E-state index in [1.807, 2.05) is 26.0 Å². The molecule has 102 valence electrons. The number of aryl methyl sites for hydroxylation is 1. The fourth-order valence-corrected chi connectivity index (χ4v) is 1.93. The van der Waals surface area contributed by atoms with Crippen LogP contribution in [0.4, 0.5) is 0 Å². The Balaban J connectivity index is 2.78. The van der Waals surface area contributed by atoms with Crippen LogP contribution in [0.25, 0.3) is 5.69 Å². The van der Waals surface area contributed by atoms with Gasteiger partial charge in [0.25, 0.3) is 5.56 Å². The molecule has 0 fully saturated rings. The fourth-order valence-electron chi connectivity index (χ4n) is 1.93. The monoisotopic (exact) mass is 271 g/mol. The summed E-state index contributed by atoms with van der Waals surface area (Å²) in [7, 11) is 0. The Labute approximate surface area is 114 Å². The van der Waals surface area contributed by atoms with Gasteiger partial charge < -0.3 is 4.74 Å². The van der Waals surface area contributed by atoms with Crippen LogP contribution in [0.3, 0.4) is 0 Å². The van der Waals surface area contributed by atoms with Crippen LogP contribution in [-0.4, -0.2) is 16.2 Å². The zero-order chi connectivity index (χ0) is 14.7. The van der Waals surface area contributed by atoms with Gasteiger partial charge in [-0.2, -0.15) is 5.26 Å². The molecule has 6 nitrogen and oxygen atoms in total. The molecule has 1 aromatic heterocycles. The zero-order valence-corrected chi connectivity index (χ0v) is 11.1. The van der Waals surface area contributed by atoms with Crippen molar-refractivity contribution in [3.63, 3.8) is 0 Å². The largest absolute Gasteiger partial charge is 0.492 e. The van der Waals surface area contributed by atoms with Gasteiger partial charge in [0, 0.05) is 6.20 Å². The van der Waals surface area contributed by atoms with E-state index in [0.29, 0.717) is 18.0 Å². The molecule has 0 aliphatic rings. The number of H-pyrrole nitrogens is 1. The Hall–Kier alpha value is -2.81. The molecule has 0 radical (unpaired) electrons. The van der Waals surface area contributed by atoms with Crippen LogP contribution in [0.5, 0.6) is 5.75 Å². The topological polar surface area (TPSA) is 87.9 Å². The second-order valence-corrected chi connectivity index (χ2v) is 4.14. The number of hydrogen-bond donors (Lipinski definition) is 1. The molecule has 0 atom stereocenters. The highest BCUT2D eigenvalue weighted by molar-refractivity contribution is 5.52. The molecule has 1 aromatic carbocycles. The molecule has 6 heteroatoms. The summed E-state index contributed by atoms with van der Waals surface area (Å²) in [4.78, 5) is 25.5. The summed E-state index contributed by atoms with van der Waals surface area (Å²) in [6.45, 7) is 4.10. The summed E-state index contributed by atoms with van der Waals surface area (Å²) in [6, 6.07) is 7.12. The lowest BCUT2D eigenvalue weighted by Crippen LogP contribution is -2.30. The van der Waals surface area contributed by atoms with Crippen molar-refractivity contribution < 1.29 is 4.74 Å². The first-order chi connectivity index (χ1) is 9.58. The van der Waals surface area contributed by atoms with Gasteiger partial charge in [0.1, 0.15) is 17.4 Å². The smallest absolute Gasteiger partial charge is 0.333 e. The highest BCUT2D eigenvalue weighted by Crippen LogP contribution is 2.25. The number of hydrogen-bond acceptors (Lipinski definition) is 4. The molecule has 0 aliphatic heterocycles. The van der Waals surface area contributed by atoms with Gasteiger partial charge in [-0.25, -0.2) is 4.79 Å². The third-order valence-corrected chi connectivity index (χ3v) is 2.80. The van der Waals surface area contributed by atoms with Gasteiger partial charge >= 0.3 is 5.69 Å². The number of para-hydroxylation sites is 1. The standard InChI is InChI=1S/C14H13N3O3/c1-3-20-11-6-4-5-9(2)12(11)17-8-10(7-15)13(18)16-14(17)19/h4-6,8H,3H2,1-2H3,(H,16,18,19). The minimum absolute atomic E-state index is 0.129. The Morgan fingerprint density at radius 2 is 2.15 bits per heavy atom. The SMILES string of the molecule is CCOc1cccc(C)c1-n1cc(C#N)c(=O)[nH]c1=O. The molecule has 0 spiro atoms. The van der Waals surface area contributed by atoms with Gasteiger partial charge in [-0.3, -0.25) is 14.3 Å². The van der Waals surface area contributed by atoms with E-state index in [1.54, 1.807) is 12.1 Å². The maximum absolute atomic E-state index is 12.0. The zero-order valence-electron chi connectivity index (χ0n) is 11.1. The van der Waals surface area contributed by atoms with Crippen molar-refractivity contribution in [3.05, 3.63) is 56.4 Å². The molecule has 0 saturated heterocycles. The number of aromatic nitrogens is 2. The first-order valence-corrected chi connectivity index (χ1v) is 6.07. The highest BCUT2D eigenvalue weighted by Gasteiger charge is 2.13. The molecule has 0 amide bonds. The third-order valence-electron chi connectivity index (χ3n) is 2.80. The Morgan fingerprint density at radius 3 is 2.80 bits per heavy atom. The van der Waals surface area contributed by atoms with Crippen LogP contribution in [0.1, 0.15) is 18.1 Å². The number of rotatable bonds is 3. The van der Waals surface area contributed by atoms with E-state index in [9.17, 15) is 9.59 Å². The maximum atomic E-state index is 12.0. The van der Waals surface area contributed by atoms with Crippen molar-refractivity contribution in [1.82, 2.24) is 9.55 Å². The normalized spacial score (nSPS) is 10.1. The van der Waals surface area contributed by atoms with Crippen molar-refractivity contribution in [2.75, 3.05) is 6.61 Å². The Kier molecular flexibility index (Phi) is 3.71. The summed E-state index contributed by atoms with van der Waals surface area (Å²) in [5, 5.41) is 8.91. The number of nitrogens with zero attached hydrogens (tertiary/aromatic N) is 2. The second-order valence-electron chi connectivity index (χ2n) is 4.14. The van der Waals surface area contributed by atoms with Crippen molar-refractivity contribution in [1.29, 1.82) is 5.26 Å². The Bertz CT molecular complexity index is 797. The van der Waals surface area contributed by atoms with Crippen LogP contribution in [0, 0.1) is 18.3 Å². The lowest BCUT2D eigenvalue weighted by atomic mass is 10.2. The Morgan fingerprint density at radius 1 is 1.40 bits per heavy atom. The van der Waals surface area contributed by atoms with Gasteiger partial charge in [-0.05, 0) is 25.5 Å². The van der Waals surface area contributed by atoms with Crippen LogP contribution >= 0.6 is 0 Å². The predicted molar refractivity (Wildman–Crippen MR) is 73.3 cm³/mol. The average Bonchev–Trinajstić information content (AvgIpc) is 2.41. The second kappa shape index (κ2) is 5.45. The van der Waals surface area contributed by atoms with E-state index in [4.69, 9.17) is 10.00 Å². The van der Waals surface area contributed by atoms with Gasteiger partial charge in [0.05, 0.1) is 12.3 Å². The summed E-state index contributed by atoms with van der Waals surface area (Å²) in [6.07, 6.45) is 1.23. The van der Waals surface area contributed by atoms with Gasteiger partial charge in [0.15, 0.2) is 0 Å². The third kappa shape index (κ3) is 2.34. The number of ether oxygens (including phenoxy) is 1. The lowest BCUT2D eigenvalue weighted by molar-refractivity contribution is 0.338. The quantitative estimate of drug-likeness (QED) is 0.905. The van der Waals surface area contributed by atoms with Gasteiger partial charge in [-0.1, -0.05) is 12.1 Å². The molecule has 0 aliphatic carbocycles. The van der Waals surface area contributed by atoms with E-state index in [1.165, 1.54) is 10.8 Å². The minimum atomic E-state index is -0.694. The molecular formula is C14H13N3O3. The van der Waals surface area contributed by atoms with E-state index < -0.39 is 11.2 Å². The minimum Gasteiger partial charge on any atom is -0.492 e. The number of nitriles is 1. The van der Waals surface area contributed by atoms with Crippen molar-refractivity contribution in [2.24, 2.45) is 0 Å². The van der Waals surface area contributed by atoms with Crippen LogP contribution < -0.4 is 16.0 Å². The lowest BCUT2D eigenvalue weighted by Gasteiger charge is -2.14. The van der Waals surface area contributed by atoms with Crippen molar-refractivity contribution >= 4 is 0 Å². The molecule has 0 unspecified atom stereocenters. The van der Waals surface area contributed by atoms with E-state index in [-0.39, 0.29) is 5.56 Å². The molecule has 2 aromatic rings. The van der Waals surface area contributed by atoms with Crippen molar-refractivity contribution in [3.8, 4) is 17.5 Å². The first kappa shape index (κ1) is 13.6. The highest BCUT2D eigenvalue weighted by atomic mass is 16.5. The van der Waals surface area contributed by atoms with E-state index in [2.05, 4.69) is 4.98 Å². The number of nitrogens with one attached hydrogen (secondary N) is 1. The summed E-state index contributed by atoms with van der Waals surface area (Å²) < 4.78 is 6.72. The van der Waals surface area contributed by atoms with Gasteiger partial charge in [-0.15, -0.1) is 0 Å². The van der Waals surface area contributed by atoms with E-state index in [0.717, 1.165) is 5.56 Å². The summed E-state index contributed by atoms with van der Waals surface area (Å²) in [5.41, 5.74) is -0.110. The number of aromatic amines is 1. The molecular weight excluding hydrogens is 258 g/mol. The van der Waals surface area contributed by atoms with Crippen LogP contribution in [0.15, 0.2) is 34.0 Å². The molecule has 0 bridgehead atoms. The van der Waals surface area contributed by atoms with Crippen LogP contribution in [-0.2, 0) is 0 Å². The molecule has 1 N–H and O–H groups in total. The molecule has 1 heterocycles. The first-order valence-electron chi connectivity index (χ1n) is 6.07. The predicted octanol–water partition coefficient (Wildman–Crippen LogP) is 1.10. The van der Waals surface area contributed by atoms with Crippen molar-refractivity contribution in [2.45, 2.75) is 13.8 Å². The molecule has 20 heavy (non-hydrogen) atoms. The summed E-state index contributed by atoms with van der Waals surface area (Å²) in [5.74, 6) is 0.519. The molecule has 2 rings (SSSR count). The van der Waals surface area contributed by atoms with E-state index >= 15 is 0 Å². The number of benzene rings is 1. The summed E-state index contributed by atoms with van der Waals surface area (Å²) >= 11 is 0. The molecule has 0 saturated carbocycles. The average molecular weight is 271 g/mol. The van der Waals surface area contributed by atoms with Crippen LogP contribution in [0.2, 0.25) is 0 Å². The maximum Gasteiger partial charge on any atom is 0.333 e.